The van der Waals surface area contributed by atoms with Crippen LogP contribution in [0.2, 0.25) is 5.02 Å². The first-order valence-corrected chi connectivity index (χ1v) is 9.50. The summed E-state index contributed by atoms with van der Waals surface area (Å²) in [5.41, 5.74) is 1.94. The number of nitrogens with zero attached hydrogens (tertiary/aromatic N) is 1. The topological polar surface area (TPSA) is 34.0 Å². The van der Waals surface area contributed by atoms with Gasteiger partial charge in [-0.15, -0.1) is 0 Å². The Hall–Kier alpha value is -3.25. The van der Waals surface area contributed by atoms with Crippen LogP contribution in [0.3, 0.4) is 0 Å². The van der Waals surface area contributed by atoms with Gasteiger partial charge in [0.05, 0.1) is 16.8 Å². The van der Waals surface area contributed by atoms with Crippen LogP contribution in [0.4, 0.5) is 18.9 Å². The Kier molecular flexibility index (Phi) is 5.26. The van der Waals surface area contributed by atoms with Crippen LogP contribution in [0.1, 0.15) is 21.5 Å². The number of carbonyl (C=O) groups excluding carboxylic acids is 1. The van der Waals surface area contributed by atoms with Crippen molar-refractivity contribution in [1.82, 2.24) is 4.57 Å². The van der Waals surface area contributed by atoms with Gasteiger partial charge in [0.15, 0.2) is 0 Å². The van der Waals surface area contributed by atoms with Crippen molar-refractivity contribution in [2.24, 2.45) is 0 Å². The van der Waals surface area contributed by atoms with Crippen LogP contribution < -0.4 is 5.32 Å². The van der Waals surface area contributed by atoms with Gasteiger partial charge in [0.25, 0.3) is 5.91 Å². The van der Waals surface area contributed by atoms with E-state index < -0.39 is 11.7 Å². The fourth-order valence-corrected chi connectivity index (χ4v) is 3.49. The molecule has 1 amide bonds. The zero-order valence-corrected chi connectivity index (χ0v) is 16.3. The van der Waals surface area contributed by atoms with Crippen molar-refractivity contribution in [3.63, 3.8) is 0 Å². The van der Waals surface area contributed by atoms with E-state index in [0.29, 0.717) is 22.8 Å². The molecule has 0 aliphatic heterocycles. The van der Waals surface area contributed by atoms with Crippen LogP contribution >= 0.6 is 11.6 Å². The largest absolute Gasteiger partial charge is 0.416 e. The highest BCUT2D eigenvalue weighted by Crippen LogP contribution is 2.30. The number of hydrogen-bond donors (Lipinski definition) is 1. The number of alkyl halides is 3. The predicted molar refractivity (Wildman–Crippen MR) is 112 cm³/mol. The summed E-state index contributed by atoms with van der Waals surface area (Å²) in [7, 11) is 0. The van der Waals surface area contributed by atoms with Crippen molar-refractivity contribution in [3.05, 3.63) is 101 Å². The molecule has 1 heterocycles. The maximum Gasteiger partial charge on any atom is 0.416 e. The van der Waals surface area contributed by atoms with E-state index in [1.807, 2.05) is 28.8 Å². The Morgan fingerprint density at radius 2 is 1.70 bits per heavy atom. The van der Waals surface area contributed by atoms with E-state index in [2.05, 4.69) is 5.32 Å². The van der Waals surface area contributed by atoms with Gasteiger partial charge >= 0.3 is 6.18 Å². The van der Waals surface area contributed by atoms with Gasteiger partial charge in [-0.3, -0.25) is 4.79 Å². The van der Waals surface area contributed by atoms with E-state index >= 15 is 0 Å². The Balaban J connectivity index is 1.63. The Bertz CT molecular complexity index is 1210. The Morgan fingerprint density at radius 1 is 0.967 bits per heavy atom. The molecule has 152 valence electrons. The van der Waals surface area contributed by atoms with Gasteiger partial charge < -0.3 is 9.88 Å². The molecule has 0 unspecified atom stereocenters. The van der Waals surface area contributed by atoms with Crippen molar-refractivity contribution < 1.29 is 18.0 Å². The molecule has 0 fully saturated rings. The molecule has 3 aromatic carbocycles. The second-order valence-corrected chi connectivity index (χ2v) is 7.28. The summed E-state index contributed by atoms with van der Waals surface area (Å²) in [6.07, 6.45) is -2.58. The number of halogens is 4. The molecular formula is C23H16ClF3N2O. The second-order valence-electron chi connectivity index (χ2n) is 6.85. The second kappa shape index (κ2) is 7.88. The lowest BCUT2D eigenvalue weighted by Crippen LogP contribution is -2.11. The van der Waals surface area contributed by atoms with Crippen LogP contribution in [0.15, 0.2) is 79.0 Å². The normalized spacial score (nSPS) is 11.6. The number of nitrogens with one attached hydrogen (secondary N) is 1. The molecule has 4 aromatic rings. The number of benzene rings is 3. The standard InChI is InChI=1S/C23H16ClF3N2O/c24-18-5-3-4-16(12-18)22(30)28-20-14-29(21-7-2-1-6-19(20)21)13-15-8-10-17(11-9-15)23(25,26)27/h1-12,14H,13H2,(H,28,30). The minimum atomic E-state index is -4.36. The summed E-state index contributed by atoms with van der Waals surface area (Å²) in [6, 6.07) is 19.2. The third-order valence-corrected chi connectivity index (χ3v) is 4.99. The predicted octanol–water partition coefficient (Wildman–Crippen LogP) is 6.61. The van der Waals surface area contributed by atoms with Gasteiger partial charge in [-0.2, -0.15) is 13.2 Å². The molecule has 1 aromatic heterocycles. The third kappa shape index (κ3) is 4.19. The summed E-state index contributed by atoms with van der Waals surface area (Å²) in [5, 5.41) is 4.19. The molecule has 0 atom stereocenters. The van der Waals surface area contributed by atoms with Crippen molar-refractivity contribution in [1.29, 1.82) is 0 Å². The number of carbonyl (C=O) groups is 1. The molecule has 1 N–H and O–H groups in total. The number of rotatable bonds is 4. The minimum absolute atomic E-state index is 0.296. The van der Waals surface area contributed by atoms with Gasteiger partial charge in [0, 0.05) is 28.7 Å². The maximum atomic E-state index is 12.8. The van der Waals surface area contributed by atoms with Crippen LogP contribution in [-0.2, 0) is 12.7 Å². The summed E-state index contributed by atoms with van der Waals surface area (Å²) in [5.74, 6) is -0.296. The molecule has 0 aliphatic rings. The first-order chi connectivity index (χ1) is 14.3. The van der Waals surface area contributed by atoms with Crippen LogP contribution in [0.5, 0.6) is 0 Å². The average molecular weight is 429 g/mol. The first-order valence-electron chi connectivity index (χ1n) is 9.12. The van der Waals surface area contributed by atoms with Crippen molar-refractivity contribution in [3.8, 4) is 0 Å². The molecular weight excluding hydrogens is 413 g/mol. The van der Waals surface area contributed by atoms with E-state index in [-0.39, 0.29) is 5.91 Å². The highest BCUT2D eigenvalue weighted by molar-refractivity contribution is 6.31. The number of aromatic nitrogens is 1. The molecule has 0 aliphatic carbocycles. The van der Waals surface area contributed by atoms with Gasteiger partial charge in [-0.25, -0.2) is 0 Å². The summed E-state index contributed by atoms with van der Waals surface area (Å²) in [6.45, 7) is 0.367. The molecule has 0 spiro atoms. The zero-order valence-electron chi connectivity index (χ0n) is 15.6. The number of para-hydroxylation sites is 1. The third-order valence-electron chi connectivity index (χ3n) is 4.76. The maximum absolute atomic E-state index is 12.8. The van der Waals surface area contributed by atoms with Gasteiger partial charge in [0.1, 0.15) is 0 Å². The van der Waals surface area contributed by atoms with Gasteiger partial charge in [0.2, 0.25) is 0 Å². The highest BCUT2D eigenvalue weighted by Gasteiger charge is 2.29. The quantitative estimate of drug-likeness (QED) is 0.389. The first kappa shape index (κ1) is 20.0. The monoisotopic (exact) mass is 428 g/mol. The summed E-state index contributed by atoms with van der Waals surface area (Å²) < 4.78 is 40.3. The molecule has 0 saturated carbocycles. The lowest BCUT2D eigenvalue weighted by molar-refractivity contribution is -0.137. The lowest BCUT2D eigenvalue weighted by atomic mass is 10.1. The molecule has 7 heteroatoms. The number of anilines is 1. The fourth-order valence-electron chi connectivity index (χ4n) is 3.30. The van der Waals surface area contributed by atoms with Crippen molar-refractivity contribution >= 4 is 34.1 Å². The number of hydrogen-bond acceptors (Lipinski definition) is 1. The Morgan fingerprint density at radius 3 is 2.40 bits per heavy atom. The molecule has 0 saturated heterocycles. The fraction of sp³-hybridized carbons (Fsp3) is 0.0870. The molecule has 3 nitrogen and oxygen atoms in total. The minimum Gasteiger partial charge on any atom is -0.341 e. The van der Waals surface area contributed by atoms with Crippen molar-refractivity contribution in [2.45, 2.75) is 12.7 Å². The SMILES string of the molecule is O=C(Nc1cn(Cc2ccc(C(F)(F)F)cc2)c2ccccc12)c1cccc(Cl)c1. The van der Waals surface area contributed by atoms with E-state index in [1.165, 1.54) is 12.1 Å². The summed E-state index contributed by atoms with van der Waals surface area (Å²) >= 11 is 5.97. The zero-order chi connectivity index (χ0) is 21.3. The van der Waals surface area contributed by atoms with E-state index in [4.69, 9.17) is 11.6 Å². The average Bonchev–Trinajstić information content (AvgIpc) is 3.05. The summed E-state index contributed by atoms with van der Waals surface area (Å²) in [4.78, 5) is 12.6. The van der Waals surface area contributed by atoms with Crippen molar-refractivity contribution in [2.75, 3.05) is 5.32 Å². The smallest absolute Gasteiger partial charge is 0.341 e. The van der Waals surface area contributed by atoms with Crippen LogP contribution in [-0.4, -0.2) is 10.5 Å². The van der Waals surface area contributed by atoms with E-state index in [9.17, 15) is 18.0 Å². The van der Waals surface area contributed by atoms with Crippen LogP contribution in [0, 0.1) is 0 Å². The Labute approximate surface area is 175 Å². The van der Waals surface area contributed by atoms with E-state index in [1.54, 1.807) is 30.5 Å². The number of fused-ring (bicyclic) bond motifs is 1. The molecule has 30 heavy (non-hydrogen) atoms. The van der Waals surface area contributed by atoms with E-state index in [0.717, 1.165) is 28.6 Å². The molecule has 4 rings (SSSR count). The van der Waals surface area contributed by atoms with Gasteiger partial charge in [-0.1, -0.05) is 48.0 Å². The molecule has 0 bridgehead atoms. The van der Waals surface area contributed by atoms with Gasteiger partial charge in [-0.05, 0) is 42.0 Å². The van der Waals surface area contributed by atoms with Crippen LogP contribution in [0.25, 0.3) is 10.9 Å². The lowest BCUT2D eigenvalue weighted by Gasteiger charge is -2.09. The number of amides is 1. The molecule has 0 radical (unpaired) electrons. The highest BCUT2D eigenvalue weighted by atomic mass is 35.5.